The van der Waals surface area contributed by atoms with Gasteiger partial charge in [0.1, 0.15) is 5.78 Å². The molecule has 4 nitrogen and oxygen atoms in total. The van der Waals surface area contributed by atoms with E-state index in [1.165, 1.54) is 0 Å². The highest BCUT2D eigenvalue weighted by Crippen LogP contribution is 2.57. The molecule has 5 heteroatoms. The van der Waals surface area contributed by atoms with Crippen molar-refractivity contribution in [2.75, 3.05) is 6.26 Å². The van der Waals surface area contributed by atoms with Gasteiger partial charge in [-0.1, -0.05) is 26.8 Å². The first-order valence-corrected chi connectivity index (χ1v) is 9.80. The largest absolute Gasteiger partial charge is 0.299 e. The summed E-state index contributed by atoms with van der Waals surface area (Å²) in [6.07, 6.45) is 6.09. The van der Waals surface area contributed by atoms with Crippen LogP contribution in [-0.2, 0) is 19.1 Å². The summed E-state index contributed by atoms with van der Waals surface area (Å²) in [6.45, 7) is 10.1. The zero-order valence-corrected chi connectivity index (χ0v) is 14.9. The number of ketones is 1. The molecule has 0 heterocycles. The quantitative estimate of drug-likeness (QED) is 0.586. The minimum absolute atomic E-state index is 0.00884. The molecule has 0 aromatic heterocycles. The molecule has 22 heavy (non-hydrogen) atoms. The molecule has 2 aliphatic carbocycles. The van der Waals surface area contributed by atoms with E-state index in [1.54, 1.807) is 6.08 Å². The third-order valence-electron chi connectivity index (χ3n) is 5.54. The van der Waals surface area contributed by atoms with Gasteiger partial charge in [-0.2, -0.15) is 8.42 Å². The molecule has 0 aromatic rings. The lowest BCUT2D eigenvalue weighted by Gasteiger charge is -2.55. The third-order valence-corrected chi connectivity index (χ3v) is 6.12. The number of carbonyl (C=O) groups is 1. The van der Waals surface area contributed by atoms with E-state index in [9.17, 15) is 13.2 Å². The van der Waals surface area contributed by atoms with Crippen LogP contribution in [0.5, 0.6) is 0 Å². The summed E-state index contributed by atoms with van der Waals surface area (Å²) in [5, 5.41) is 0. The van der Waals surface area contributed by atoms with Gasteiger partial charge in [0.25, 0.3) is 10.1 Å². The minimum Gasteiger partial charge on any atom is -0.299 e. The first-order valence-electron chi connectivity index (χ1n) is 7.99. The minimum atomic E-state index is -3.51. The molecule has 0 N–H and O–H groups in total. The van der Waals surface area contributed by atoms with Gasteiger partial charge in [-0.3, -0.25) is 8.98 Å². The Morgan fingerprint density at radius 2 is 1.91 bits per heavy atom. The van der Waals surface area contributed by atoms with Crippen molar-refractivity contribution in [1.29, 1.82) is 0 Å². The van der Waals surface area contributed by atoms with Crippen LogP contribution < -0.4 is 0 Å². The fourth-order valence-corrected chi connectivity index (χ4v) is 5.12. The SMILES string of the molecule is C=CC[C@@H]1C[C@@]2(C)[C@H](CC1=O)CC(C)(C)C[C@@H]2OS(C)(=O)=O. The fourth-order valence-electron chi connectivity index (χ4n) is 4.41. The summed E-state index contributed by atoms with van der Waals surface area (Å²) in [7, 11) is -3.51. The smallest absolute Gasteiger partial charge is 0.264 e. The molecule has 0 radical (unpaired) electrons. The Bertz CT molecular complexity index is 563. The van der Waals surface area contributed by atoms with Crippen LogP contribution in [-0.4, -0.2) is 26.6 Å². The molecule has 2 fully saturated rings. The van der Waals surface area contributed by atoms with Crippen molar-refractivity contribution in [1.82, 2.24) is 0 Å². The maximum Gasteiger partial charge on any atom is 0.264 e. The van der Waals surface area contributed by atoms with Gasteiger partial charge >= 0.3 is 0 Å². The van der Waals surface area contributed by atoms with Crippen LogP contribution in [0.15, 0.2) is 12.7 Å². The Morgan fingerprint density at radius 1 is 1.27 bits per heavy atom. The van der Waals surface area contributed by atoms with Gasteiger partial charge in [0.2, 0.25) is 0 Å². The lowest BCUT2D eigenvalue weighted by atomic mass is 9.51. The van der Waals surface area contributed by atoms with Gasteiger partial charge in [-0.05, 0) is 42.4 Å². The average Bonchev–Trinajstić information content (AvgIpc) is 2.31. The first-order chi connectivity index (χ1) is 9.97. The number of hydrogen-bond acceptors (Lipinski definition) is 4. The zero-order chi connectivity index (χ0) is 16.8. The summed E-state index contributed by atoms with van der Waals surface area (Å²) in [5.41, 5.74) is -0.273. The van der Waals surface area contributed by atoms with Crippen LogP contribution in [0.3, 0.4) is 0 Å². The molecule has 0 aliphatic heterocycles. The Labute approximate surface area is 134 Å². The van der Waals surface area contributed by atoms with Crippen molar-refractivity contribution in [3.05, 3.63) is 12.7 Å². The third kappa shape index (κ3) is 3.62. The zero-order valence-electron chi connectivity index (χ0n) is 14.1. The molecule has 0 amide bonds. The van der Waals surface area contributed by atoms with Crippen LogP contribution in [0.25, 0.3) is 0 Å². The average molecular weight is 328 g/mol. The van der Waals surface area contributed by atoms with Crippen molar-refractivity contribution in [3.8, 4) is 0 Å². The van der Waals surface area contributed by atoms with E-state index in [0.29, 0.717) is 25.7 Å². The molecule has 2 saturated carbocycles. The van der Waals surface area contributed by atoms with Crippen LogP contribution in [0, 0.1) is 22.7 Å². The standard InChI is InChI=1S/C17H28O4S/c1-6-7-12-9-17(4)13(8-14(12)18)10-16(2,3)11-15(17)21-22(5,19)20/h6,12-13,15H,1,7-11H2,2-5H3/t12-,13-,15+,17+/m1/s1. The molecule has 0 aromatic carbocycles. The lowest BCUT2D eigenvalue weighted by molar-refractivity contribution is -0.143. The van der Waals surface area contributed by atoms with Crippen LogP contribution in [0.1, 0.15) is 52.9 Å². The van der Waals surface area contributed by atoms with E-state index >= 15 is 0 Å². The highest BCUT2D eigenvalue weighted by atomic mass is 32.2. The topological polar surface area (TPSA) is 60.4 Å². The molecule has 126 valence electrons. The van der Waals surface area contributed by atoms with Gasteiger partial charge in [0.05, 0.1) is 12.4 Å². The number of rotatable bonds is 4. The van der Waals surface area contributed by atoms with Crippen LogP contribution in [0.4, 0.5) is 0 Å². The van der Waals surface area contributed by atoms with Crippen molar-refractivity contribution in [2.24, 2.45) is 22.7 Å². The summed E-state index contributed by atoms with van der Waals surface area (Å²) < 4.78 is 28.9. The van der Waals surface area contributed by atoms with Gasteiger partial charge in [0, 0.05) is 12.3 Å². The number of allylic oxidation sites excluding steroid dienone is 1. The van der Waals surface area contributed by atoms with E-state index < -0.39 is 10.1 Å². The fraction of sp³-hybridized carbons (Fsp3) is 0.824. The van der Waals surface area contributed by atoms with Gasteiger partial charge in [0.15, 0.2) is 0 Å². The Kier molecular flexibility index (Phi) is 4.62. The summed E-state index contributed by atoms with van der Waals surface area (Å²) in [5.74, 6) is 0.431. The number of carbonyl (C=O) groups excluding carboxylic acids is 1. The predicted molar refractivity (Wildman–Crippen MR) is 86.9 cm³/mol. The summed E-state index contributed by atoms with van der Waals surface area (Å²) >= 11 is 0. The molecule has 0 saturated heterocycles. The summed E-state index contributed by atoms with van der Waals surface area (Å²) in [6, 6.07) is 0. The van der Waals surface area contributed by atoms with E-state index in [0.717, 1.165) is 12.7 Å². The highest BCUT2D eigenvalue weighted by molar-refractivity contribution is 7.86. The van der Waals surface area contributed by atoms with Crippen molar-refractivity contribution >= 4 is 15.9 Å². The Hall–Kier alpha value is -0.680. The number of hydrogen-bond donors (Lipinski definition) is 0. The Balaban J connectivity index is 2.35. The molecule has 4 atom stereocenters. The van der Waals surface area contributed by atoms with E-state index in [1.807, 2.05) is 0 Å². The number of Topliss-reactive ketones (excluding diaryl/α,β-unsaturated/α-hetero) is 1. The molecule has 0 unspecified atom stereocenters. The van der Waals surface area contributed by atoms with Crippen molar-refractivity contribution < 1.29 is 17.4 Å². The second-order valence-electron chi connectivity index (χ2n) is 8.16. The van der Waals surface area contributed by atoms with Crippen molar-refractivity contribution in [2.45, 2.75) is 59.0 Å². The second-order valence-corrected chi connectivity index (χ2v) is 9.76. The van der Waals surface area contributed by atoms with Crippen molar-refractivity contribution in [3.63, 3.8) is 0 Å². The van der Waals surface area contributed by atoms with Gasteiger partial charge in [-0.25, -0.2) is 0 Å². The predicted octanol–water partition coefficient (Wildman–Crippen LogP) is 3.33. The van der Waals surface area contributed by atoms with Gasteiger partial charge < -0.3 is 0 Å². The number of fused-ring (bicyclic) bond motifs is 1. The van der Waals surface area contributed by atoms with E-state index in [4.69, 9.17) is 4.18 Å². The maximum atomic E-state index is 12.4. The normalized spacial score (nSPS) is 38.4. The monoisotopic (exact) mass is 328 g/mol. The Morgan fingerprint density at radius 3 is 2.45 bits per heavy atom. The molecule has 0 spiro atoms. The first kappa shape index (κ1) is 17.7. The molecule has 0 bridgehead atoms. The molecule has 2 rings (SSSR count). The highest BCUT2D eigenvalue weighted by Gasteiger charge is 2.55. The maximum absolute atomic E-state index is 12.4. The lowest BCUT2D eigenvalue weighted by Crippen LogP contribution is -2.54. The van der Waals surface area contributed by atoms with E-state index in [-0.39, 0.29) is 34.6 Å². The van der Waals surface area contributed by atoms with E-state index in [2.05, 4.69) is 27.4 Å². The summed E-state index contributed by atoms with van der Waals surface area (Å²) in [4.78, 5) is 12.4. The molecular weight excluding hydrogens is 300 g/mol. The molecule has 2 aliphatic rings. The molecular formula is C17H28O4S. The van der Waals surface area contributed by atoms with Gasteiger partial charge in [-0.15, -0.1) is 6.58 Å². The second kappa shape index (κ2) is 5.75. The van der Waals surface area contributed by atoms with Crippen LogP contribution >= 0.6 is 0 Å². The van der Waals surface area contributed by atoms with Crippen LogP contribution in [0.2, 0.25) is 0 Å².